The monoisotopic (exact) mass is 470 g/mol. The van der Waals surface area contributed by atoms with E-state index < -0.39 is 23.6 Å². The number of nitrogens with zero attached hydrogens (tertiary/aromatic N) is 7. The van der Waals surface area contributed by atoms with Gasteiger partial charge in [0.2, 0.25) is 0 Å². The summed E-state index contributed by atoms with van der Waals surface area (Å²) in [6, 6.07) is 6.17. The van der Waals surface area contributed by atoms with Gasteiger partial charge in [-0.25, -0.2) is 13.9 Å². The van der Waals surface area contributed by atoms with Crippen molar-refractivity contribution in [2.75, 3.05) is 11.4 Å². The molecule has 34 heavy (non-hydrogen) atoms. The lowest BCUT2D eigenvalue weighted by atomic mass is 10.0. The second-order valence-corrected chi connectivity index (χ2v) is 7.69. The van der Waals surface area contributed by atoms with E-state index in [1.54, 1.807) is 29.6 Å². The Kier molecular flexibility index (Phi) is 4.40. The molecule has 0 aromatic carbocycles. The van der Waals surface area contributed by atoms with Gasteiger partial charge in [-0.1, -0.05) is 5.10 Å². The minimum atomic E-state index is -4.50. The molecule has 0 unspecified atom stereocenters. The van der Waals surface area contributed by atoms with Gasteiger partial charge < -0.3 is 14.3 Å². The normalized spacial score (nSPS) is 16.2. The average Bonchev–Trinajstić information content (AvgIpc) is 3.57. The third-order valence-corrected chi connectivity index (χ3v) is 5.64. The molecular weight excluding hydrogens is 456 g/mol. The molecule has 0 bridgehead atoms. The molecule has 1 N–H and O–H groups in total. The summed E-state index contributed by atoms with van der Waals surface area (Å²) < 4.78 is 60.0. The van der Waals surface area contributed by atoms with Crippen LogP contribution in [0, 0.1) is 5.82 Å². The zero-order valence-corrected chi connectivity index (χ0v) is 17.2. The third-order valence-electron chi connectivity index (χ3n) is 5.64. The molecule has 1 atom stereocenters. The predicted molar refractivity (Wildman–Crippen MR) is 109 cm³/mol. The van der Waals surface area contributed by atoms with Crippen molar-refractivity contribution in [3.05, 3.63) is 77.5 Å². The largest absolute Gasteiger partial charge is 0.417 e. The van der Waals surface area contributed by atoms with Crippen LogP contribution in [0.4, 0.5) is 23.6 Å². The molecule has 6 rings (SSSR count). The molecule has 1 aliphatic heterocycles. The maximum Gasteiger partial charge on any atom is 0.417 e. The molecule has 0 fully saturated rings. The molecule has 0 spiro atoms. The fourth-order valence-corrected chi connectivity index (χ4v) is 4.04. The number of nitrogens with one attached hydrogen (secondary N) is 1. The average molecular weight is 470 g/mol. The number of halogens is 4. The van der Waals surface area contributed by atoms with Gasteiger partial charge in [0.25, 0.3) is 5.89 Å². The first kappa shape index (κ1) is 20.3. The first-order valence-corrected chi connectivity index (χ1v) is 10.2. The fourth-order valence-electron chi connectivity index (χ4n) is 4.04. The van der Waals surface area contributed by atoms with E-state index in [1.807, 2.05) is 0 Å². The molecule has 13 heteroatoms. The minimum absolute atomic E-state index is 0.0312. The number of anilines is 1. The van der Waals surface area contributed by atoms with Gasteiger partial charge >= 0.3 is 12.2 Å². The van der Waals surface area contributed by atoms with Crippen molar-refractivity contribution in [2.24, 2.45) is 0 Å². The van der Waals surface area contributed by atoms with Crippen molar-refractivity contribution >= 4 is 11.5 Å². The number of aromatic nitrogens is 7. The van der Waals surface area contributed by atoms with Gasteiger partial charge in [0.15, 0.2) is 0 Å². The van der Waals surface area contributed by atoms with Crippen molar-refractivity contribution in [2.45, 2.75) is 18.6 Å². The standard InChI is InChI=1S/C21H14F4N8O/c22-12-2-1-6-33-16(12)8-15(31-33)18-17-13(27-10-28-17)5-7-32(18)20-30-29-19(34-20)14-4-3-11(9-26-14)21(23,24)25/h1-4,6,8-10,18H,5,7H2,(H,27,28)/t18-/m1/s1. The van der Waals surface area contributed by atoms with Gasteiger partial charge in [0.1, 0.15) is 23.1 Å². The van der Waals surface area contributed by atoms with Crippen LogP contribution >= 0.6 is 0 Å². The van der Waals surface area contributed by atoms with Crippen LogP contribution in [0.5, 0.6) is 0 Å². The molecule has 5 aromatic heterocycles. The molecule has 0 saturated heterocycles. The number of rotatable bonds is 3. The minimum Gasteiger partial charge on any atom is -0.402 e. The smallest absolute Gasteiger partial charge is 0.402 e. The quantitative estimate of drug-likeness (QED) is 0.400. The van der Waals surface area contributed by atoms with E-state index in [4.69, 9.17) is 4.42 Å². The van der Waals surface area contributed by atoms with Crippen molar-refractivity contribution < 1.29 is 22.0 Å². The summed E-state index contributed by atoms with van der Waals surface area (Å²) >= 11 is 0. The van der Waals surface area contributed by atoms with Crippen LogP contribution in [0.2, 0.25) is 0 Å². The Morgan fingerprint density at radius 2 is 2.00 bits per heavy atom. The topological polar surface area (TPSA) is 101 Å². The number of hydrogen-bond donors (Lipinski definition) is 1. The number of H-pyrrole nitrogens is 1. The van der Waals surface area contributed by atoms with E-state index in [1.165, 1.54) is 16.6 Å². The summed E-state index contributed by atoms with van der Waals surface area (Å²) in [7, 11) is 0. The van der Waals surface area contributed by atoms with Gasteiger partial charge in [-0.2, -0.15) is 18.3 Å². The van der Waals surface area contributed by atoms with Gasteiger partial charge in [-0.3, -0.25) is 4.98 Å². The van der Waals surface area contributed by atoms with Crippen molar-refractivity contribution in [3.8, 4) is 11.6 Å². The molecule has 1 aliphatic rings. The second kappa shape index (κ2) is 7.37. The van der Waals surface area contributed by atoms with E-state index in [-0.39, 0.29) is 17.6 Å². The maximum atomic E-state index is 14.3. The molecule has 0 saturated carbocycles. The molecule has 5 aromatic rings. The molecular formula is C21H14F4N8O. The molecule has 172 valence electrons. The number of alkyl halides is 3. The fraction of sp³-hybridized carbons (Fsp3) is 0.190. The van der Waals surface area contributed by atoms with E-state index in [9.17, 15) is 17.6 Å². The summed E-state index contributed by atoms with van der Waals surface area (Å²) in [5, 5.41) is 12.6. The predicted octanol–water partition coefficient (Wildman–Crippen LogP) is 3.81. The lowest BCUT2D eigenvalue weighted by Crippen LogP contribution is -2.36. The van der Waals surface area contributed by atoms with Crippen LogP contribution in [0.15, 0.2) is 53.5 Å². The molecule has 0 amide bonds. The number of imidazole rings is 1. The van der Waals surface area contributed by atoms with E-state index >= 15 is 0 Å². The lowest BCUT2D eigenvalue weighted by molar-refractivity contribution is -0.137. The maximum absolute atomic E-state index is 14.3. The Labute approximate surface area is 188 Å². The van der Waals surface area contributed by atoms with Crippen LogP contribution in [0.1, 0.15) is 28.7 Å². The van der Waals surface area contributed by atoms with Crippen molar-refractivity contribution in [3.63, 3.8) is 0 Å². The Hall–Kier alpha value is -4.29. The SMILES string of the molecule is Fc1cccn2nc([C@@H]3c4nc[nH]c4CCN3c3nnc(-c4ccc(C(F)(F)F)cn4)o3)cc12. The summed E-state index contributed by atoms with van der Waals surface area (Å²) in [6.45, 7) is 0.457. The second-order valence-electron chi connectivity index (χ2n) is 7.69. The van der Waals surface area contributed by atoms with E-state index in [0.29, 0.717) is 36.1 Å². The zero-order valence-electron chi connectivity index (χ0n) is 17.2. The number of aromatic amines is 1. The van der Waals surface area contributed by atoms with Crippen LogP contribution in [-0.2, 0) is 12.6 Å². The Morgan fingerprint density at radius 3 is 2.76 bits per heavy atom. The Balaban J connectivity index is 1.39. The molecule has 6 heterocycles. The lowest BCUT2D eigenvalue weighted by Gasteiger charge is -2.32. The van der Waals surface area contributed by atoms with Crippen molar-refractivity contribution in [1.29, 1.82) is 0 Å². The summed E-state index contributed by atoms with van der Waals surface area (Å²) in [5.41, 5.74) is 1.64. The number of pyridine rings is 2. The molecule has 0 radical (unpaired) electrons. The van der Waals surface area contributed by atoms with Gasteiger partial charge in [-0.15, -0.1) is 5.10 Å². The molecule has 9 nitrogen and oxygen atoms in total. The van der Waals surface area contributed by atoms with Crippen molar-refractivity contribution in [1.82, 2.24) is 34.8 Å². The highest BCUT2D eigenvalue weighted by Gasteiger charge is 2.36. The first-order chi connectivity index (χ1) is 16.4. The van der Waals surface area contributed by atoms with Crippen LogP contribution in [0.3, 0.4) is 0 Å². The van der Waals surface area contributed by atoms with Gasteiger partial charge in [-0.05, 0) is 30.3 Å². The highest BCUT2D eigenvalue weighted by Crippen LogP contribution is 2.37. The highest BCUT2D eigenvalue weighted by molar-refractivity contribution is 5.54. The first-order valence-electron chi connectivity index (χ1n) is 10.2. The van der Waals surface area contributed by atoms with Gasteiger partial charge in [0, 0.05) is 31.1 Å². The van der Waals surface area contributed by atoms with Crippen LogP contribution in [0.25, 0.3) is 17.1 Å². The molecule has 0 aliphatic carbocycles. The number of hydrogen-bond acceptors (Lipinski definition) is 7. The number of fused-ring (bicyclic) bond motifs is 2. The van der Waals surface area contributed by atoms with E-state index in [0.717, 1.165) is 11.8 Å². The summed E-state index contributed by atoms with van der Waals surface area (Å²) in [4.78, 5) is 13.1. The Bertz CT molecular complexity index is 1490. The summed E-state index contributed by atoms with van der Waals surface area (Å²) in [6.07, 6.45) is 0.0276. The highest BCUT2D eigenvalue weighted by atomic mass is 19.4. The third kappa shape index (κ3) is 3.27. The summed E-state index contributed by atoms with van der Waals surface area (Å²) in [5.74, 6) is -0.448. The van der Waals surface area contributed by atoms with E-state index in [2.05, 4.69) is 30.2 Å². The van der Waals surface area contributed by atoms with Crippen LogP contribution in [-0.4, -0.2) is 41.3 Å². The van der Waals surface area contributed by atoms with Gasteiger partial charge in [0.05, 0.1) is 23.3 Å². The van der Waals surface area contributed by atoms with Crippen LogP contribution < -0.4 is 4.90 Å². The zero-order chi connectivity index (χ0) is 23.4. The Morgan fingerprint density at radius 1 is 1.12 bits per heavy atom.